The molecule has 7 nitrogen and oxygen atoms in total. The Balaban J connectivity index is 1.67. The number of nitrogens with one attached hydrogen (secondary N) is 1. The van der Waals surface area contributed by atoms with Crippen molar-refractivity contribution in [3.8, 4) is 11.3 Å². The second kappa shape index (κ2) is 11.0. The summed E-state index contributed by atoms with van der Waals surface area (Å²) >= 11 is 2.69. The first kappa shape index (κ1) is 22.9. The van der Waals surface area contributed by atoms with E-state index in [1.54, 1.807) is 12.3 Å². The topological polar surface area (TPSA) is 94.1 Å². The van der Waals surface area contributed by atoms with E-state index in [1.807, 2.05) is 50.2 Å². The van der Waals surface area contributed by atoms with E-state index in [2.05, 4.69) is 20.3 Å². The summed E-state index contributed by atoms with van der Waals surface area (Å²) in [6.07, 6.45) is 0.718. The van der Waals surface area contributed by atoms with Crippen molar-refractivity contribution in [1.29, 1.82) is 0 Å². The maximum atomic E-state index is 12.8. The Labute approximate surface area is 189 Å². The van der Waals surface area contributed by atoms with Crippen LogP contribution in [0.2, 0.25) is 0 Å². The Morgan fingerprint density at radius 1 is 1.16 bits per heavy atom. The van der Waals surface area contributed by atoms with Gasteiger partial charge in [0.25, 0.3) is 0 Å². The summed E-state index contributed by atoms with van der Waals surface area (Å²) in [7, 11) is 0. The number of thioether (sulfide) groups is 1. The Bertz CT molecular complexity index is 1040. The Morgan fingerprint density at radius 3 is 2.65 bits per heavy atom. The predicted octanol–water partition coefficient (Wildman–Crippen LogP) is 4.52. The molecule has 0 fully saturated rings. The zero-order valence-corrected chi connectivity index (χ0v) is 19.3. The quantitative estimate of drug-likeness (QED) is 0.287. The van der Waals surface area contributed by atoms with Crippen LogP contribution in [0.1, 0.15) is 31.8 Å². The summed E-state index contributed by atoms with van der Waals surface area (Å²) in [6, 6.07) is 11.8. The molecule has 0 aliphatic carbocycles. The number of esters is 1. The van der Waals surface area contributed by atoms with Crippen molar-refractivity contribution in [1.82, 2.24) is 15.0 Å². The fourth-order valence-electron chi connectivity index (χ4n) is 2.82. The molecule has 2 aromatic heterocycles. The normalized spacial score (nSPS) is 11.7. The average Bonchev–Trinajstić information content (AvgIpc) is 3.18. The van der Waals surface area contributed by atoms with E-state index in [4.69, 9.17) is 4.74 Å². The summed E-state index contributed by atoms with van der Waals surface area (Å²) in [5, 5.41) is 5.48. The van der Waals surface area contributed by atoms with Crippen LogP contribution in [0.5, 0.6) is 0 Å². The van der Waals surface area contributed by atoms with Gasteiger partial charge in [0.15, 0.2) is 5.13 Å². The third-order valence-electron chi connectivity index (χ3n) is 4.22. The fraction of sp³-hybridized carbons (Fsp3) is 0.318. The highest BCUT2D eigenvalue weighted by atomic mass is 32.2. The monoisotopic (exact) mass is 456 g/mol. The highest BCUT2D eigenvalue weighted by Crippen LogP contribution is 2.28. The van der Waals surface area contributed by atoms with Gasteiger partial charge in [0.05, 0.1) is 29.7 Å². The number of carbonyl (C=O) groups excluding carboxylic acids is 2. The van der Waals surface area contributed by atoms with E-state index in [9.17, 15) is 9.59 Å². The molecule has 0 spiro atoms. The molecule has 0 aliphatic rings. The summed E-state index contributed by atoms with van der Waals surface area (Å²) in [6.45, 7) is 5.89. The van der Waals surface area contributed by atoms with Crippen molar-refractivity contribution >= 4 is 40.1 Å². The van der Waals surface area contributed by atoms with Gasteiger partial charge in [-0.1, -0.05) is 49.0 Å². The van der Waals surface area contributed by atoms with Gasteiger partial charge in [0.2, 0.25) is 5.91 Å². The lowest BCUT2D eigenvalue weighted by molar-refractivity contribution is -0.142. The standard InChI is InChI=1S/C22H24N4O3S2/c1-4-18(21(28)26-22-25-16(13-30-22)11-20(27)29-5-2)31-19-12-17(23-14(3)24-19)15-9-7-6-8-10-15/h6-10,12-13,18H,4-5,11H2,1-3H3,(H,25,26,28). The largest absolute Gasteiger partial charge is 0.466 e. The van der Waals surface area contributed by atoms with Crippen molar-refractivity contribution < 1.29 is 14.3 Å². The van der Waals surface area contributed by atoms with Gasteiger partial charge >= 0.3 is 5.97 Å². The number of rotatable bonds is 9. The molecule has 1 aromatic carbocycles. The van der Waals surface area contributed by atoms with E-state index in [-0.39, 0.29) is 23.5 Å². The summed E-state index contributed by atoms with van der Waals surface area (Å²) in [5.41, 5.74) is 2.41. The third kappa shape index (κ3) is 6.60. The van der Waals surface area contributed by atoms with Crippen molar-refractivity contribution in [2.24, 2.45) is 0 Å². The second-order valence-corrected chi connectivity index (χ2v) is 8.72. The van der Waals surface area contributed by atoms with E-state index < -0.39 is 0 Å². The molecule has 1 unspecified atom stereocenters. The zero-order valence-electron chi connectivity index (χ0n) is 17.6. The van der Waals surface area contributed by atoms with Crippen LogP contribution in [0.3, 0.4) is 0 Å². The molecule has 1 amide bonds. The van der Waals surface area contributed by atoms with Gasteiger partial charge in [-0.15, -0.1) is 11.3 Å². The van der Waals surface area contributed by atoms with Crippen LogP contribution < -0.4 is 5.32 Å². The van der Waals surface area contributed by atoms with Crippen LogP contribution in [0, 0.1) is 6.92 Å². The number of thiazole rings is 1. The summed E-state index contributed by atoms with van der Waals surface area (Å²) < 4.78 is 4.93. The van der Waals surface area contributed by atoms with Gasteiger partial charge in [-0.05, 0) is 26.3 Å². The Morgan fingerprint density at radius 2 is 1.94 bits per heavy atom. The van der Waals surface area contributed by atoms with Gasteiger partial charge < -0.3 is 10.1 Å². The SMILES string of the molecule is CCOC(=O)Cc1csc(NC(=O)C(CC)Sc2cc(-c3ccccc3)nc(C)n2)n1. The first-order chi connectivity index (χ1) is 15.0. The number of carbonyl (C=O) groups is 2. The van der Waals surface area contributed by atoms with Crippen LogP contribution in [0.25, 0.3) is 11.3 Å². The Kier molecular flexibility index (Phi) is 8.13. The van der Waals surface area contributed by atoms with Crippen LogP contribution in [0.4, 0.5) is 5.13 Å². The van der Waals surface area contributed by atoms with E-state index in [1.165, 1.54) is 23.1 Å². The number of aromatic nitrogens is 3. The lowest BCUT2D eigenvalue weighted by atomic mass is 10.1. The van der Waals surface area contributed by atoms with Crippen molar-refractivity contribution in [3.63, 3.8) is 0 Å². The molecule has 0 radical (unpaired) electrons. The Hall–Kier alpha value is -2.78. The number of amides is 1. The lowest BCUT2D eigenvalue weighted by Crippen LogP contribution is -2.24. The fourth-order valence-corrected chi connectivity index (χ4v) is 4.52. The number of benzene rings is 1. The molecule has 0 saturated heterocycles. The third-order valence-corrected chi connectivity index (χ3v) is 6.31. The van der Waals surface area contributed by atoms with Gasteiger partial charge in [-0.3, -0.25) is 9.59 Å². The number of ether oxygens (including phenoxy) is 1. The molecule has 0 aliphatic heterocycles. The number of nitrogens with zero attached hydrogens (tertiary/aromatic N) is 3. The highest BCUT2D eigenvalue weighted by Gasteiger charge is 2.21. The summed E-state index contributed by atoms with van der Waals surface area (Å²) in [5.74, 6) is 0.172. The number of aryl methyl sites for hydroxylation is 1. The van der Waals surface area contributed by atoms with Crippen molar-refractivity contribution in [3.05, 3.63) is 53.3 Å². The van der Waals surface area contributed by atoms with Crippen molar-refractivity contribution in [2.45, 2.75) is 43.9 Å². The van der Waals surface area contributed by atoms with Crippen LogP contribution in [-0.4, -0.2) is 38.7 Å². The predicted molar refractivity (Wildman–Crippen MR) is 123 cm³/mol. The van der Waals surface area contributed by atoms with Gasteiger partial charge in [0, 0.05) is 10.9 Å². The molecule has 2 heterocycles. The maximum Gasteiger partial charge on any atom is 0.311 e. The molecule has 3 rings (SSSR count). The van der Waals surface area contributed by atoms with Crippen LogP contribution in [-0.2, 0) is 20.7 Å². The number of anilines is 1. The number of hydrogen-bond donors (Lipinski definition) is 1. The molecule has 9 heteroatoms. The van der Waals surface area contributed by atoms with E-state index in [0.29, 0.717) is 29.7 Å². The minimum atomic E-state index is -0.338. The summed E-state index contributed by atoms with van der Waals surface area (Å²) in [4.78, 5) is 37.8. The lowest BCUT2D eigenvalue weighted by Gasteiger charge is -2.14. The molecule has 0 bridgehead atoms. The van der Waals surface area contributed by atoms with E-state index in [0.717, 1.165) is 16.3 Å². The molecule has 1 N–H and O–H groups in total. The first-order valence-corrected chi connectivity index (χ1v) is 11.7. The molecular formula is C22H24N4O3S2. The highest BCUT2D eigenvalue weighted by molar-refractivity contribution is 8.00. The second-order valence-electron chi connectivity index (χ2n) is 6.63. The van der Waals surface area contributed by atoms with Gasteiger partial charge in [-0.2, -0.15) is 0 Å². The molecule has 162 valence electrons. The van der Waals surface area contributed by atoms with Crippen molar-refractivity contribution in [2.75, 3.05) is 11.9 Å². The zero-order chi connectivity index (χ0) is 22.2. The van der Waals surface area contributed by atoms with Gasteiger partial charge in [0.1, 0.15) is 10.9 Å². The van der Waals surface area contributed by atoms with E-state index >= 15 is 0 Å². The molecular weight excluding hydrogens is 432 g/mol. The average molecular weight is 457 g/mol. The molecule has 1 atom stereocenters. The molecule has 31 heavy (non-hydrogen) atoms. The number of hydrogen-bond acceptors (Lipinski definition) is 8. The van der Waals surface area contributed by atoms with Gasteiger partial charge in [-0.25, -0.2) is 15.0 Å². The van der Waals surface area contributed by atoms with Crippen LogP contribution >= 0.6 is 23.1 Å². The smallest absolute Gasteiger partial charge is 0.311 e. The minimum absolute atomic E-state index is 0.0919. The minimum Gasteiger partial charge on any atom is -0.466 e. The first-order valence-electron chi connectivity index (χ1n) is 9.97. The van der Waals surface area contributed by atoms with Crippen LogP contribution in [0.15, 0.2) is 46.8 Å². The molecule has 0 saturated carbocycles. The molecule has 3 aromatic rings. The maximum absolute atomic E-state index is 12.8.